The Labute approximate surface area is 93.7 Å². The molecule has 1 aromatic carbocycles. The van der Waals surface area contributed by atoms with Crippen molar-refractivity contribution in [3.63, 3.8) is 0 Å². The zero-order valence-electron chi connectivity index (χ0n) is 10.2. The van der Waals surface area contributed by atoms with Gasteiger partial charge in [0, 0.05) is 6.04 Å². The highest BCUT2D eigenvalue weighted by atomic mass is 14.6. The molecule has 15 heavy (non-hydrogen) atoms. The lowest BCUT2D eigenvalue weighted by Gasteiger charge is -2.07. The lowest BCUT2D eigenvalue weighted by Crippen LogP contribution is -2.17. The second-order valence-corrected chi connectivity index (χ2v) is 4.93. The Morgan fingerprint density at radius 2 is 1.53 bits per heavy atom. The van der Waals surface area contributed by atoms with Crippen molar-refractivity contribution in [2.75, 3.05) is 0 Å². The number of aryl methyl sites for hydroxylation is 1. The Kier molecular flexibility index (Phi) is 4.83. The van der Waals surface area contributed by atoms with E-state index in [1.807, 2.05) is 6.92 Å². The summed E-state index contributed by atoms with van der Waals surface area (Å²) in [5.41, 5.74) is 8.55. The third kappa shape index (κ3) is 4.98. The highest BCUT2D eigenvalue weighted by Crippen LogP contribution is 2.11. The Hall–Kier alpha value is -0.820. The van der Waals surface area contributed by atoms with E-state index < -0.39 is 0 Å². The van der Waals surface area contributed by atoms with Gasteiger partial charge >= 0.3 is 0 Å². The van der Waals surface area contributed by atoms with E-state index in [-0.39, 0.29) is 6.04 Å². The number of nitrogens with two attached hydrogens (primary N) is 1. The number of rotatable bonds is 5. The summed E-state index contributed by atoms with van der Waals surface area (Å²) in [5.74, 6) is 0.786. The van der Waals surface area contributed by atoms with Gasteiger partial charge in [-0.25, -0.2) is 0 Å². The van der Waals surface area contributed by atoms with E-state index in [4.69, 9.17) is 5.73 Å². The molecule has 0 aliphatic heterocycles. The summed E-state index contributed by atoms with van der Waals surface area (Å²) >= 11 is 0. The molecule has 1 rings (SSSR count). The molecule has 0 amide bonds. The summed E-state index contributed by atoms with van der Waals surface area (Å²) in [6.07, 6.45) is 3.44. The number of benzene rings is 1. The third-order valence-corrected chi connectivity index (χ3v) is 2.59. The lowest BCUT2D eigenvalue weighted by atomic mass is 10.0. The van der Waals surface area contributed by atoms with Crippen LogP contribution >= 0.6 is 0 Å². The largest absolute Gasteiger partial charge is 0.328 e. The van der Waals surface area contributed by atoms with E-state index in [1.165, 1.54) is 24.0 Å². The van der Waals surface area contributed by atoms with Crippen molar-refractivity contribution in [3.8, 4) is 0 Å². The van der Waals surface area contributed by atoms with Gasteiger partial charge in [-0.15, -0.1) is 0 Å². The number of hydrogen-bond acceptors (Lipinski definition) is 1. The maximum Gasteiger partial charge on any atom is 0.00509 e. The Bertz CT molecular complexity index is 272. The topological polar surface area (TPSA) is 26.0 Å². The molecule has 1 unspecified atom stereocenters. The zero-order chi connectivity index (χ0) is 11.3. The van der Waals surface area contributed by atoms with Crippen molar-refractivity contribution in [3.05, 3.63) is 35.4 Å². The van der Waals surface area contributed by atoms with E-state index in [9.17, 15) is 0 Å². The van der Waals surface area contributed by atoms with Crippen molar-refractivity contribution in [1.29, 1.82) is 0 Å². The normalized spacial score (nSPS) is 13.1. The van der Waals surface area contributed by atoms with Crippen LogP contribution in [0.2, 0.25) is 0 Å². The zero-order valence-corrected chi connectivity index (χ0v) is 10.2. The van der Waals surface area contributed by atoms with Crippen LogP contribution in [0.4, 0.5) is 0 Å². The Morgan fingerprint density at radius 3 is 2.00 bits per heavy atom. The van der Waals surface area contributed by atoms with Gasteiger partial charge in [0.25, 0.3) is 0 Å². The molecule has 2 N–H and O–H groups in total. The summed E-state index contributed by atoms with van der Waals surface area (Å²) in [6.45, 7) is 6.58. The smallest absolute Gasteiger partial charge is 0.00509 e. The third-order valence-electron chi connectivity index (χ3n) is 2.59. The van der Waals surface area contributed by atoms with Crippen molar-refractivity contribution in [2.24, 2.45) is 11.7 Å². The van der Waals surface area contributed by atoms with Gasteiger partial charge in [0.1, 0.15) is 0 Å². The van der Waals surface area contributed by atoms with Crippen LogP contribution in [0.5, 0.6) is 0 Å². The van der Waals surface area contributed by atoms with E-state index in [2.05, 4.69) is 38.1 Å². The van der Waals surface area contributed by atoms with Gasteiger partial charge in [0.15, 0.2) is 0 Å². The first-order chi connectivity index (χ1) is 7.08. The molecule has 0 aliphatic rings. The maximum absolute atomic E-state index is 5.76. The first-order valence-corrected chi connectivity index (χ1v) is 5.91. The van der Waals surface area contributed by atoms with Crippen molar-refractivity contribution in [1.82, 2.24) is 0 Å². The van der Waals surface area contributed by atoms with Gasteiger partial charge in [-0.1, -0.05) is 38.1 Å². The van der Waals surface area contributed by atoms with Gasteiger partial charge < -0.3 is 5.73 Å². The predicted molar refractivity (Wildman–Crippen MR) is 67.0 cm³/mol. The predicted octanol–water partition coefficient (Wildman–Crippen LogP) is 3.16. The van der Waals surface area contributed by atoms with Crippen LogP contribution < -0.4 is 5.73 Å². The molecule has 1 aromatic rings. The fraction of sp³-hybridized carbons (Fsp3) is 0.571. The van der Waals surface area contributed by atoms with Crippen LogP contribution in [-0.2, 0) is 12.8 Å². The molecule has 0 saturated heterocycles. The van der Waals surface area contributed by atoms with Crippen molar-refractivity contribution < 1.29 is 0 Å². The monoisotopic (exact) mass is 205 g/mol. The molecule has 0 aliphatic carbocycles. The molecule has 0 saturated carbocycles. The minimum absolute atomic E-state index is 0.256. The molecule has 0 spiro atoms. The molecular formula is C14H23N. The van der Waals surface area contributed by atoms with E-state index in [0.29, 0.717) is 0 Å². The standard InChI is InChI=1S/C14H23N/c1-11(2)4-5-13-6-8-14(9-7-13)10-12(3)15/h6-9,11-12H,4-5,10,15H2,1-3H3. The summed E-state index contributed by atoms with van der Waals surface area (Å²) in [4.78, 5) is 0. The SMILES string of the molecule is CC(C)CCc1ccc(CC(C)N)cc1. The molecule has 1 nitrogen and oxygen atoms in total. The fourth-order valence-corrected chi connectivity index (χ4v) is 1.67. The van der Waals surface area contributed by atoms with E-state index in [0.717, 1.165) is 12.3 Å². The van der Waals surface area contributed by atoms with Crippen LogP contribution in [0.1, 0.15) is 38.3 Å². The second kappa shape index (κ2) is 5.92. The molecule has 0 bridgehead atoms. The summed E-state index contributed by atoms with van der Waals surface area (Å²) in [7, 11) is 0. The van der Waals surface area contributed by atoms with E-state index in [1.54, 1.807) is 0 Å². The highest BCUT2D eigenvalue weighted by Gasteiger charge is 1.99. The average molecular weight is 205 g/mol. The van der Waals surface area contributed by atoms with Crippen LogP contribution in [0.3, 0.4) is 0 Å². The van der Waals surface area contributed by atoms with E-state index >= 15 is 0 Å². The average Bonchev–Trinajstić information content (AvgIpc) is 2.16. The summed E-state index contributed by atoms with van der Waals surface area (Å²) in [6, 6.07) is 9.14. The van der Waals surface area contributed by atoms with Crippen LogP contribution in [0.25, 0.3) is 0 Å². The summed E-state index contributed by atoms with van der Waals surface area (Å²) in [5, 5.41) is 0. The van der Waals surface area contributed by atoms with Crippen LogP contribution in [0, 0.1) is 5.92 Å². The van der Waals surface area contributed by atoms with Gasteiger partial charge in [-0.05, 0) is 43.2 Å². The molecule has 0 heterocycles. The molecule has 0 radical (unpaired) electrons. The van der Waals surface area contributed by atoms with Crippen molar-refractivity contribution in [2.45, 2.75) is 46.1 Å². The Morgan fingerprint density at radius 1 is 1.00 bits per heavy atom. The summed E-state index contributed by atoms with van der Waals surface area (Å²) < 4.78 is 0. The molecule has 0 fully saturated rings. The van der Waals surface area contributed by atoms with Crippen molar-refractivity contribution >= 4 is 0 Å². The molecule has 1 atom stereocenters. The van der Waals surface area contributed by atoms with Gasteiger partial charge in [0.05, 0.1) is 0 Å². The van der Waals surface area contributed by atoms with Gasteiger partial charge in [-0.2, -0.15) is 0 Å². The van der Waals surface area contributed by atoms with Crippen LogP contribution in [0.15, 0.2) is 24.3 Å². The second-order valence-electron chi connectivity index (χ2n) is 4.93. The molecule has 1 heteroatoms. The molecular weight excluding hydrogens is 182 g/mol. The fourth-order valence-electron chi connectivity index (χ4n) is 1.67. The first-order valence-electron chi connectivity index (χ1n) is 5.91. The molecule has 84 valence electrons. The van der Waals surface area contributed by atoms with Gasteiger partial charge in [0.2, 0.25) is 0 Å². The minimum Gasteiger partial charge on any atom is -0.328 e. The van der Waals surface area contributed by atoms with Crippen LogP contribution in [-0.4, -0.2) is 6.04 Å². The lowest BCUT2D eigenvalue weighted by molar-refractivity contribution is 0.586. The number of hydrogen-bond donors (Lipinski definition) is 1. The quantitative estimate of drug-likeness (QED) is 0.785. The maximum atomic E-state index is 5.76. The molecule has 0 aromatic heterocycles. The minimum atomic E-state index is 0.256. The Balaban J connectivity index is 2.49. The highest BCUT2D eigenvalue weighted by molar-refractivity contribution is 5.23. The first kappa shape index (κ1) is 12.3. The van der Waals surface area contributed by atoms with Gasteiger partial charge in [-0.3, -0.25) is 0 Å².